The zero-order valence-corrected chi connectivity index (χ0v) is 14.6. The van der Waals surface area contributed by atoms with Crippen LogP contribution >= 0.6 is 0 Å². The van der Waals surface area contributed by atoms with Crippen molar-refractivity contribution in [2.24, 2.45) is 40.4 Å². The van der Waals surface area contributed by atoms with E-state index in [1.54, 1.807) is 5.57 Å². The SMILES string of the molecule is C[C@@H]1CC2=C(CCC(=O)C2)[C@H]2CC[C@]3(C)[C@H](CO)C[C@@H]4C[C@]43[C@H]12. The third kappa shape index (κ3) is 1.62. The average Bonchev–Trinajstić information content (AvgIpc) is 3.17. The Labute approximate surface area is 139 Å². The molecule has 0 amide bonds. The Balaban J connectivity index is 1.56. The Morgan fingerprint density at radius 3 is 2.91 bits per heavy atom. The summed E-state index contributed by atoms with van der Waals surface area (Å²) in [6, 6.07) is 0. The summed E-state index contributed by atoms with van der Waals surface area (Å²) < 4.78 is 0. The number of aliphatic hydroxyl groups is 1. The molecule has 2 heteroatoms. The van der Waals surface area contributed by atoms with Crippen LogP contribution in [-0.4, -0.2) is 17.5 Å². The Morgan fingerprint density at radius 2 is 2.13 bits per heavy atom. The van der Waals surface area contributed by atoms with Crippen molar-refractivity contribution in [2.75, 3.05) is 6.61 Å². The summed E-state index contributed by atoms with van der Waals surface area (Å²) in [4.78, 5) is 11.9. The first kappa shape index (κ1) is 14.7. The van der Waals surface area contributed by atoms with Gasteiger partial charge in [-0.1, -0.05) is 25.0 Å². The fraction of sp³-hybridized carbons (Fsp3) is 0.857. The van der Waals surface area contributed by atoms with Gasteiger partial charge >= 0.3 is 0 Å². The van der Waals surface area contributed by atoms with Crippen molar-refractivity contribution in [1.29, 1.82) is 0 Å². The van der Waals surface area contributed by atoms with Gasteiger partial charge in [0, 0.05) is 19.4 Å². The number of ketones is 1. The Hall–Kier alpha value is -0.630. The zero-order chi connectivity index (χ0) is 16.0. The first-order valence-electron chi connectivity index (χ1n) is 9.84. The van der Waals surface area contributed by atoms with Gasteiger partial charge in [0.2, 0.25) is 0 Å². The molecule has 0 aromatic heterocycles. The van der Waals surface area contributed by atoms with Gasteiger partial charge in [-0.3, -0.25) is 4.79 Å². The summed E-state index contributed by atoms with van der Waals surface area (Å²) in [7, 11) is 0. The highest BCUT2D eigenvalue weighted by Gasteiger charge is 2.77. The molecule has 0 heterocycles. The molecule has 3 saturated carbocycles. The largest absolute Gasteiger partial charge is 0.396 e. The Kier molecular flexibility index (Phi) is 2.88. The average molecular weight is 314 g/mol. The lowest BCUT2D eigenvalue weighted by atomic mass is 9.48. The molecule has 5 rings (SSSR count). The highest BCUT2D eigenvalue weighted by molar-refractivity contribution is 5.82. The number of carbonyl (C=O) groups is 1. The third-order valence-electron chi connectivity index (χ3n) is 9.08. The van der Waals surface area contributed by atoms with Gasteiger partial charge in [0.15, 0.2) is 0 Å². The molecule has 0 unspecified atom stereocenters. The second-order valence-corrected chi connectivity index (χ2v) is 9.67. The van der Waals surface area contributed by atoms with E-state index < -0.39 is 0 Å². The molecule has 1 spiro atoms. The minimum atomic E-state index is 0.379. The second-order valence-electron chi connectivity index (χ2n) is 9.67. The zero-order valence-electron chi connectivity index (χ0n) is 14.6. The van der Waals surface area contributed by atoms with Gasteiger partial charge in [-0.25, -0.2) is 0 Å². The van der Waals surface area contributed by atoms with E-state index in [9.17, 15) is 9.90 Å². The number of rotatable bonds is 1. The number of aliphatic hydroxyl groups excluding tert-OH is 1. The molecule has 7 atom stereocenters. The number of hydrogen-bond acceptors (Lipinski definition) is 2. The van der Waals surface area contributed by atoms with Gasteiger partial charge in [0.25, 0.3) is 0 Å². The van der Waals surface area contributed by atoms with Gasteiger partial charge in [-0.2, -0.15) is 0 Å². The molecular weight excluding hydrogens is 284 g/mol. The molecule has 126 valence electrons. The molecule has 0 saturated heterocycles. The van der Waals surface area contributed by atoms with Gasteiger partial charge < -0.3 is 5.11 Å². The predicted octanol–water partition coefficient (Wildman–Crippen LogP) is 4.13. The van der Waals surface area contributed by atoms with Crippen LogP contribution in [0.2, 0.25) is 0 Å². The molecule has 0 aromatic rings. The van der Waals surface area contributed by atoms with Crippen LogP contribution in [0.5, 0.6) is 0 Å². The second kappa shape index (κ2) is 4.50. The Bertz CT molecular complexity index is 605. The van der Waals surface area contributed by atoms with Crippen LogP contribution in [0.1, 0.15) is 65.2 Å². The standard InChI is InChI=1S/C21H30O2/c1-12-7-13-8-16(23)3-4-17(13)18-5-6-20(2)15(11-22)9-14-10-21(14,20)19(12)18/h12,14-15,18-19,22H,3-11H2,1-2H3/t12-,14-,15+,18-,19-,20-,21-/m1/s1. The van der Waals surface area contributed by atoms with E-state index in [1.807, 2.05) is 0 Å². The molecule has 2 nitrogen and oxygen atoms in total. The van der Waals surface area contributed by atoms with Crippen LogP contribution in [0, 0.1) is 40.4 Å². The minimum absolute atomic E-state index is 0.379. The maximum absolute atomic E-state index is 11.9. The first-order chi connectivity index (χ1) is 11.0. The summed E-state index contributed by atoms with van der Waals surface area (Å²) in [5.74, 6) is 4.21. The smallest absolute Gasteiger partial charge is 0.137 e. The van der Waals surface area contributed by atoms with E-state index in [1.165, 1.54) is 37.7 Å². The monoisotopic (exact) mass is 314 g/mol. The fourth-order valence-electron chi connectivity index (χ4n) is 8.17. The highest BCUT2D eigenvalue weighted by atomic mass is 16.3. The lowest BCUT2D eigenvalue weighted by Crippen LogP contribution is -2.50. The fourth-order valence-corrected chi connectivity index (χ4v) is 8.17. The number of fused-ring (bicyclic) bond motifs is 2. The number of carbonyl (C=O) groups excluding carboxylic acids is 1. The summed E-state index contributed by atoms with van der Waals surface area (Å²) in [5, 5.41) is 9.94. The molecule has 1 N–H and O–H groups in total. The van der Waals surface area contributed by atoms with Crippen molar-refractivity contribution in [2.45, 2.75) is 65.2 Å². The van der Waals surface area contributed by atoms with E-state index in [-0.39, 0.29) is 0 Å². The van der Waals surface area contributed by atoms with Crippen molar-refractivity contribution < 1.29 is 9.90 Å². The molecule has 0 aromatic carbocycles. The maximum Gasteiger partial charge on any atom is 0.137 e. The normalized spacial score (nSPS) is 54.2. The van der Waals surface area contributed by atoms with Crippen LogP contribution in [0.25, 0.3) is 0 Å². The number of Topliss-reactive ketones (excluding diaryl/α,β-unsaturated/α-hetero) is 1. The van der Waals surface area contributed by atoms with Gasteiger partial charge in [-0.15, -0.1) is 0 Å². The van der Waals surface area contributed by atoms with Crippen LogP contribution in [0.3, 0.4) is 0 Å². The molecule has 5 aliphatic rings. The van der Waals surface area contributed by atoms with E-state index in [0.717, 1.165) is 42.9 Å². The van der Waals surface area contributed by atoms with Crippen LogP contribution < -0.4 is 0 Å². The van der Waals surface area contributed by atoms with Crippen LogP contribution in [0.4, 0.5) is 0 Å². The lowest BCUT2D eigenvalue weighted by molar-refractivity contribution is -0.119. The molecular formula is C21H30O2. The third-order valence-corrected chi connectivity index (χ3v) is 9.08. The molecule has 0 radical (unpaired) electrons. The van der Waals surface area contributed by atoms with Crippen molar-refractivity contribution in [1.82, 2.24) is 0 Å². The van der Waals surface area contributed by atoms with Gasteiger partial charge in [0.1, 0.15) is 5.78 Å². The van der Waals surface area contributed by atoms with E-state index in [0.29, 0.717) is 29.1 Å². The summed E-state index contributed by atoms with van der Waals surface area (Å²) in [6.07, 6.45) is 9.09. The topological polar surface area (TPSA) is 37.3 Å². The van der Waals surface area contributed by atoms with E-state index in [4.69, 9.17) is 0 Å². The predicted molar refractivity (Wildman–Crippen MR) is 89.7 cm³/mol. The first-order valence-corrected chi connectivity index (χ1v) is 9.84. The minimum Gasteiger partial charge on any atom is -0.396 e. The molecule has 0 bridgehead atoms. The van der Waals surface area contributed by atoms with Gasteiger partial charge in [0.05, 0.1) is 0 Å². The number of hydrogen-bond donors (Lipinski definition) is 1. The molecule has 23 heavy (non-hydrogen) atoms. The van der Waals surface area contributed by atoms with Crippen molar-refractivity contribution in [3.8, 4) is 0 Å². The summed E-state index contributed by atoms with van der Waals surface area (Å²) >= 11 is 0. The van der Waals surface area contributed by atoms with Crippen LogP contribution in [-0.2, 0) is 4.79 Å². The summed E-state index contributed by atoms with van der Waals surface area (Å²) in [6.45, 7) is 5.36. The molecule has 3 fully saturated rings. The van der Waals surface area contributed by atoms with E-state index >= 15 is 0 Å². The quantitative estimate of drug-likeness (QED) is 0.739. The Morgan fingerprint density at radius 1 is 1.30 bits per heavy atom. The lowest BCUT2D eigenvalue weighted by Gasteiger charge is -2.56. The van der Waals surface area contributed by atoms with Crippen molar-refractivity contribution in [3.05, 3.63) is 11.1 Å². The summed E-state index contributed by atoms with van der Waals surface area (Å²) in [5.41, 5.74) is 4.15. The molecule has 0 aliphatic heterocycles. The highest BCUT2D eigenvalue weighted by Crippen LogP contribution is 2.83. The van der Waals surface area contributed by atoms with Gasteiger partial charge in [-0.05, 0) is 78.9 Å². The van der Waals surface area contributed by atoms with Crippen LogP contribution in [0.15, 0.2) is 11.1 Å². The van der Waals surface area contributed by atoms with E-state index in [2.05, 4.69) is 13.8 Å². The molecule has 5 aliphatic carbocycles. The van der Waals surface area contributed by atoms with Crippen molar-refractivity contribution in [3.63, 3.8) is 0 Å². The van der Waals surface area contributed by atoms with Crippen molar-refractivity contribution >= 4 is 5.78 Å². The number of allylic oxidation sites excluding steroid dienone is 2. The maximum atomic E-state index is 11.9.